The van der Waals surface area contributed by atoms with E-state index < -0.39 is 6.10 Å². The minimum atomic E-state index is -0.604. The van der Waals surface area contributed by atoms with Crippen LogP contribution in [0.5, 0.6) is 0 Å². The van der Waals surface area contributed by atoms with Gasteiger partial charge >= 0.3 is 12.0 Å². The first kappa shape index (κ1) is 30.4. The number of ether oxygens (including phenoxy) is 2. The Balaban J connectivity index is 1.98. The van der Waals surface area contributed by atoms with Crippen molar-refractivity contribution < 1.29 is 19.1 Å². The first-order valence-corrected chi connectivity index (χ1v) is 13.8. The average Bonchev–Trinajstić information content (AvgIpc) is 2.89. The van der Waals surface area contributed by atoms with E-state index >= 15 is 0 Å². The Morgan fingerprint density at radius 2 is 1.51 bits per heavy atom. The molecule has 1 atom stereocenters. The van der Waals surface area contributed by atoms with Crippen LogP contribution < -0.4 is 5.32 Å². The summed E-state index contributed by atoms with van der Waals surface area (Å²) in [7, 11) is 1.52. The largest absolute Gasteiger partial charge is 0.464 e. The number of carbonyl (C=O) groups is 2. The van der Waals surface area contributed by atoms with Crippen LogP contribution in [-0.2, 0) is 27.1 Å². The van der Waals surface area contributed by atoms with Gasteiger partial charge in [0.05, 0.1) is 6.61 Å². The highest BCUT2D eigenvalue weighted by molar-refractivity contribution is 5.89. The second-order valence-electron chi connectivity index (χ2n) is 9.86. The van der Waals surface area contributed by atoms with Crippen molar-refractivity contribution in [3.05, 3.63) is 65.2 Å². The fraction of sp³-hybridized carbons (Fsp3) is 0.548. The van der Waals surface area contributed by atoms with E-state index in [1.807, 2.05) is 29.2 Å². The van der Waals surface area contributed by atoms with E-state index in [-0.39, 0.29) is 12.0 Å². The molecule has 0 heterocycles. The molecule has 204 valence electrons. The number of nitrogens with one attached hydrogen (secondary N) is 1. The molecule has 0 spiro atoms. The Bertz CT molecular complexity index is 925. The van der Waals surface area contributed by atoms with Crippen molar-refractivity contribution in [3.63, 3.8) is 0 Å². The lowest BCUT2D eigenvalue weighted by Gasteiger charge is -2.23. The van der Waals surface area contributed by atoms with Crippen molar-refractivity contribution in [2.24, 2.45) is 0 Å². The topological polar surface area (TPSA) is 67.9 Å². The van der Waals surface area contributed by atoms with Crippen LogP contribution in [0.3, 0.4) is 0 Å². The maximum absolute atomic E-state index is 13.2. The number of anilines is 1. The molecule has 37 heavy (non-hydrogen) atoms. The minimum Gasteiger partial charge on any atom is -0.464 e. The Labute approximate surface area is 223 Å². The van der Waals surface area contributed by atoms with Gasteiger partial charge < -0.3 is 19.7 Å². The molecule has 0 fully saturated rings. The van der Waals surface area contributed by atoms with Gasteiger partial charge in [0.2, 0.25) is 0 Å². The molecule has 0 saturated heterocycles. The number of carbonyl (C=O) groups excluding carboxylic acids is 2. The summed E-state index contributed by atoms with van der Waals surface area (Å²) in [5.74, 6) is 0.120. The summed E-state index contributed by atoms with van der Waals surface area (Å²) in [4.78, 5) is 27.1. The molecule has 0 aliphatic rings. The molecule has 0 aromatic heterocycles. The van der Waals surface area contributed by atoms with Crippen molar-refractivity contribution in [2.75, 3.05) is 32.1 Å². The van der Waals surface area contributed by atoms with Crippen LogP contribution >= 0.6 is 0 Å². The highest BCUT2D eigenvalue weighted by atomic mass is 16.6. The fourth-order valence-electron chi connectivity index (χ4n) is 4.19. The molecule has 2 aromatic carbocycles. The molecular formula is C31H46N2O4. The molecular weight excluding hydrogens is 464 g/mol. The lowest BCUT2D eigenvalue weighted by molar-refractivity contribution is -0.154. The monoisotopic (exact) mass is 510 g/mol. The molecule has 1 N–H and O–H groups in total. The standard InChI is InChI=1S/C31H46N2O4/c1-6-8-9-10-11-21-33(31(35)32-28-18-16-27(17-19-28)24(3)4)22-20-25-12-14-26(15-13-25)23-29(36-5)30(34)37-7-2/h12-19,24,29H,6-11,20-23H2,1-5H3,(H,32,35). The molecule has 0 aliphatic carbocycles. The molecule has 6 heteroatoms. The quantitative estimate of drug-likeness (QED) is 0.195. The van der Waals surface area contributed by atoms with Gasteiger partial charge in [-0.05, 0) is 54.5 Å². The number of methoxy groups -OCH3 is 1. The molecule has 0 aliphatic heterocycles. The van der Waals surface area contributed by atoms with Crippen molar-refractivity contribution in [3.8, 4) is 0 Å². The van der Waals surface area contributed by atoms with E-state index in [4.69, 9.17) is 9.47 Å². The van der Waals surface area contributed by atoms with Crippen molar-refractivity contribution in [1.82, 2.24) is 4.90 Å². The van der Waals surface area contributed by atoms with Crippen LogP contribution in [0.4, 0.5) is 10.5 Å². The molecule has 2 aromatic rings. The minimum absolute atomic E-state index is 0.0539. The summed E-state index contributed by atoms with van der Waals surface area (Å²) in [6.07, 6.45) is 6.42. The van der Waals surface area contributed by atoms with E-state index in [1.54, 1.807) is 6.92 Å². The number of amides is 2. The van der Waals surface area contributed by atoms with Gasteiger partial charge in [0.25, 0.3) is 0 Å². The number of rotatable bonds is 16. The van der Waals surface area contributed by atoms with Crippen LogP contribution in [0.15, 0.2) is 48.5 Å². The normalized spacial score (nSPS) is 11.8. The summed E-state index contributed by atoms with van der Waals surface area (Å²) in [6, 6.07) is 16.2. The van der Waals surface area contributed by atoms with Gasteiger partial charge in [0.15, 0.2) is 6.10 Å². The van der Waals surface area contributed by atoms with Crippen molar-refractivity contribution >= 4 is 17.7 Å². The van der Waals surface area contributed by atoms with Crippen LogP contribution in [0.2, 0.25) is 0 Å². The van der Waals surface area contributed by atoms with Crippen LogP contribution in [0.25, 0.3) is 0 Å². The summed E-state index contributed by atoms with van der Waals surface area (Å²) >= 11 is 0. The molecule has 0 bridgehead atoms. The SMILES string of the molecule is CCCCCCCN(CCc1ccc(CC(OC)C(=O)OCC)cc1)C(=O)Nc1ccc(C(C)C)cc1. The first-order valence-electron chi connectivity index (χ1n) is 13.8. The Morgan fingerprint density at radius 3 is 2.11 bits per heavy atom. The van der Waals surface area contributed by atoms with Gasteiger partial charge in [-0.1, -0.05) is 82.9 Å². The van der Waals surface area contributed by atoms with Crippen molar-refractivity contribution in [1.29, 1.82) is 0 Å². The number of esters is 1. The number of benzene rings is 2. The van der Waals surface area contributed by atoms with Crippen LogP contribution in [-0.4, -0.2) is 49.8 Å². The van der Waals surface area contributed by atoms with Gasteiger partial charge in [-0.25, -0.2) is 9.59 Å². The summed E-state index contributed by atoms with van der Waals surface area (Å²) in [5.41, 5.74) is 4.25. The zero-order valence-electron chi connectivity index (χ0n) is 23.4. The van der Waals surface area contributed by atoms with E-state index in [1.165, 1.54) is 31.9 Å². The second kappa shape index (κ2) is 16.8. The second-order valence-corrected chi connectivity index (χ2v) is 9.86. The lowest BCUT2D eigenvalue weighted by atomic mass is 10.0. The Morgan fingerprint density at radius 1 is 0.865 bits per heavy atom. The fourth-order valence-corrected chi connectivity index (χ4v) is 4.19. The zero-order valence-corrected chi connectivity index (χ0v) is 23.4. The third-order valence-electron chi connectivity index (χ3n) is 6.60. The summed E-state index contributed by atoms with van der Waals surface area (Å²) < 4.78 is 10.4. The number of nitrogens with zero attached hydrogens (tertiary/aromatic N) is 1. The first-order chi connectivity index (χ1) is 17.9. The highest BCUT2D eigenvalue weighted by Gasteiger charge is 2.19. The van der Waals surface area contributed by atoms with Gasteiger partial charge in [-0.15, -0.1) is 0 Å². The van der Waals surface area contributed by atoms with Crippen molar-refractivity contribution in [2.45, 2.75) is 84.7 Å². The zero-order chi connectivity index (χ0) is 27.0. The molecule has 6 nitrogen and oxygen atoms in total. The smallest absolute Gasteiger partial charge is 0.335 e. The van der Waals surface area contributed by atoms with Crippen LogP contribution in [0.1, 0.15) is 82.4 Å². The average molecular weight is 511 g/mol. The van der Waals surface area contributed by atoms with Gasteiger partial charge in [-0.3, -0.25) is 0 Å². The number of hydrogen-bond acceptors (Lipinski definition) is 4. The molecule has 2 rings (SSSR count). The summed E-state index contributed by atoms with van der Waals surface area (Å²) in [5, 5.41) is 3.08. The van der Waals surface area contributed by atoms with E-state index in [0.717, 1.165) is 42.6 Å². The third kappa shape index (κ3) is 11.0. The predicted octanol–water partition coefficient (Wildman–Crippen LogP) is 6.98. The highest BCUT2D eigenvalue weighted by Crippen LogP contribution is 2.18. The lowest BCUT2D eigenvalue weighted by Crippen LogP contribution is -2.37. The molecule has 2 amide bonds. The number of unbranched alkanes of at least 4 members (excludes halogenated alkanes) is 4. The summed E-state index contributed by atoms with van der Waals surface area (Å²) in [6.45, 7) is 10.1. The van der Waals surface area contributed by atoms with Gasteiger partial charge in [-0.2, -0.15) is 0 Å². The van der Waals surface area contributed by atoms with Gasteiger partial charge in [0.1, 0.15) is 0 Å². The number of hydrogen-bond donors (Lipinski definition) is 1. The van der Waals surface area contributed by atoms with Crippen LogP contribution in [0, 0.1) is 0 Å². The maximum atomic E-state index is 13.2. The van der Waals surface area contributed by atoms with E-state index in [2.05, 4.69) is 50.4 Å². The Hall–Kier alpha value is -2.86. The molecule has 1 unspecified atom stereocenters. The molecule has 0 radical (unpaired) electrons. The predicted molar refractivity (Wildman–Crippen MR) is 151 cm³/mol. The number of urea groups is 1. The maximum Gasteiger partial charge on any atom is 0.335 e. The van der Waals surface area contributed by atoms with E-state index in [9.17, 15) is 9.59 Å². The van der Waals surface area contributed by atoms with Gasteiger partial charge in [0, 0.05) is 32.3 Å². The molecule has 0 saturated carbocycles. The van der Waals surface area contributed by atoms with E-state index in [0.29, 0.717) is 25.5 Å². The third-order valence-corrected chi connectivity index (χ3v) is 6.60. The Kier molecular flexibility index (Phi) is 13.8.